The minimum absolute atomic E-state index is 0. The van der Waals surface area contributed by atoms with Crippen LogP contribution in [0.4, 0.5) is 0 Å². The van der Waals surface area contributed by atoms with Gasteiger partial charge in [-0.15, -0.1) is 46.2 Å². The van der Waals surface area contributed by atoms with Crippen LogP contribution in [-0.2, 0) is 24.9 Å². The molecule has 3 nitrogen and oxygen atoms in total. The fourth-order valence-corrected chi connectivity index (χ4v) is 5.35. The van der Waals surface area contributed by atoms with E-state index < -0.39 is 0 Å². The number of carbonyl (C=O) groups excluding carboxylic acids is 1. The molecule has 34 heavy (non-hydrogen) atoms. The Hall–Kier alpha value is -2.59. The Balaban J connectivity index is 0.000000449. The van der Waals surface area contributed by atoms with E-state index in [1.54, 1.807) is 0 Å². The number of nitrogens with zero attached hydrogens (tertiary/aromatic N) is 1. The summed E-state index contributed by atoms with van der Waals surface area (Å²) in [6.45, 7) is 13.6. The molecule has 1 radical (unpaired) electrons. The van der Waals surface area contributed by atoms with Gasteiger partial charge in [-0.25, -0.2) is 0 Å². The maximum Gasteiger partial charge on any atom is 0.155 e. The zero-order valence-electron chi connectivity index (χ0n) is 20.7. The minimum atomic E-state index is -0.125. The fraction of sp³-hybridized carbons (Fsp3) is 0.241. The van der Waals surface area contributed by atoms with Crippen molar-refractivity contribution in [2.45, 2.75) is 48.5 Å². The molecule has 0 bridgehead atoms. The molecule has 0 spiro atoms. The molecule has 4 rings (SSSR count). The second-order valence-electron chi connectivity index (χ2n) is 8.64. The topological polar surface area (TPSA) is 50.2 Å². The van der Waals surface area contributed by atoms with E-state index in [-0.39, 0.29) is 31.6 Å². The van der Waals surface area contributed by atoms with Crippen LogP contribution in [0, 0.1) is 40.7 Å². The SMILES string of the molecule is CC(=O)/C=C(/C)O.Cc1[c-]c(-c2cc3sc(-c4c(C)cc(C)cc4C)cc3cn2)cc(C)c1.[Ir]. The number of hydrogen-bond donors (Lipinski definition) is 1. The summed E-state index contributed by atoms with van der Waals surface area (Å²) in [4.78, 5) is 16.0. The predicted molar refractivity (Wildman–Crippen MR) is 140 cm³/mol. The first kappa shape index (κ1) is 27.7. The molecular formula is C29H30IrNO2S-. The van der Waals surface area contributed by atoms with Crippen molar-refractivity contribution in [3.63, 3.8) is 0 Å². The Kier molecular flexibility index (Phi) is 9.52. The van der Waals surface area contributed by atoms with E-state index in [0.717, 1.165) is 16.8 Å². The second kappa shape index (κ2) is 11.7. The van der Waals surface area contributed by atoms with E-state index in [1.165, 1.54) is 62.7 Å². The Morgan fingerprint density at radius 1 is 0.941 bits per heavy atom. The number of aryl methyl sites for hydroxylation is 5. The van der Waals surface area contributed by atoms with Crippen molar-refractivity contribution in [1.82, 2.24) is 4.98 Å². The molecular weight excluding hydrogens is 619 g/mol. The van der Waals surface area contributed by atoms with Crippen LogP contribution in [0.3, 0.4) is 0 Å². The summed E-state index contributed by atoms with van der Waals surface area (Å²) in [5, 5.41) is 9.57. The number of aliphatic hydroxyl groups is 1. The number of benzene rings is 2. The van der Waals surface area contributed by atoms with Crippen LogP contribution in [0.1, 0.15) is 41.7 Å². The molecule has 2 aromatic heterocycles. The number of allylic oxidation sites excluding steroid dienone is 2. The molecule has 0 fully saturated rings. The number of pyridine rings is 1. The van der Waals surface area contributed by atoms with Crippen LogP contribution >= 0.6 is 11.3 Å². The van der Waals surface area contributed by atoms with Crippen molar-refractivity contribution in [1.29, 1.82) is 0 Å². The van der Waals surface area contributed by atoms with Crippen LogP contribution in [0.25, 0.3) is 31.8 Å². The number of fused-ring (bicyclic) bond motifs is 1. The van der Waals surface area contributed by atoms with E-state index in [9.17, 15) is 4.79 Å². The normalized spacial score (nSPS) is 11.0. The zero-order chi connectivity index (χ0) is 24.3. The fourth-order valence-electron chi connectivity index (χ4n) is 4.10. The van der Waals surface area contributed by atoms with Gasteiger partial charge in [0.15, 0.2) is 5.78 Å². The Morgan fingerprint density at radius 3 is 2.09 bits per heavy atom. The molecule has 0 aliphatic rings. The molecule has 0 saturated heterocycles. The van der Waals surface area contributed by atoms with E-state index in [4.69, 9.17) is 10.1 Å². The van der Waals surface area contributed by atoms with Crippen LogP contribution in [0.15, 0.2) is 54.4 Å². The van der Waals surface area contributed by atoms with Crippen LogP contribution in [0.5, 0.6) is 0 Å². The summed E-state index contributed by atoms with van der Waals surface area (Å²) in [5.41, 5.74) is 9.82. The van der Waals surface area contributed by atoms with Gasteiger partial charge in [0.05, 0.1) is 5.76 Å². The average molecular weight is 649 g/mol. The number of ketones is 1. The van der Waals surface area contributed by atoms with E-state index in [2.05, 4.69) is 77.1 Å². The Bertz CT molecular complexity index is 1320. The summed E-state index contributed by atoms with van der Waals surface area (Å²) in [5.74, 6) is -0.0625. The molecule has 5 heteroatoms. The minimum Gasteiger partial charge on any atom is -0.512 e. The van der Waals surface area contributed by atoms with Gasteiger partial charge < -0.3 is 10.1 Å². The molecule has 0 saturated carbocycles. The maximum absolute atomic E-state index is 10.0. The van der Waals surface area contributed by atoms with Gasteiger partial charge in [-0.3, -0.25) is 4.79 Å². The van der Waals surface area contributed by atoms with Gasteiger partial charge in [-0.05, 0) is 63.1 Å². The number of rotatable bonds is 3. The van der Waals surface area contributed by atoms with Crippen molar-refractivity contribution < 1.29 is 30.0 Å². The summed E-state index contributed by atoms with van der Waals surface area (Å²) in [6.07, 6.45) is 3.16. The third kappa shape index (κ3) is 6.96. The van der Waals surface area contributed by atoms with E-state index in [0.29, 0.717) is 0 Å². The van der Waals surface area contributed by atoms with Crippen molar-refractivity contribution in [3.8, 4) is 21.7 Å². The molecule has 1 N–H and O–H groups in total. The third-order valence-corrected chi connectivity index (χ3v) is 6.28. The monoisotopic (exact) mass is 649 g/mol. The first-order valence-electron chi connectivity index (χ1n) is 10.9. The smallest absolute Gasteiger partial charge is 0.155 e. The second-order valence-corrected chi connectivity index (χ2v) is 9.73. The van der Waals surface area contributed by atoms with E-state index in [1.807, 2.05) is 17.5 Å². The molecule has 0 amide bonds. The first-order valence-corrected chi connectivity index (χ1v) is 11.7. The van der Waals surface area contributed by atoms with Crippen LogP contribution < -0.4 is 0 Å². The molecule has 0 atom stereocenters. The van der Waals surface area contributed by atoms with Gasteiger partial charge in [-0.2, -0.15) is 0 Å². The quantitative estimate of drug-likeness (QED) is 0.139. The van der Waals surface area contributed by atoms with Gasteiger partial charge in [0.2, 0.25) is 0 Å². The van der Waals surface area contributed by atoms with Gasteiger partial charge in [0.25, 0.3) is 0 Å². The van der Waals surface area contributed by atoms with Gasteiger partial charge in [-0.1, -0.05) is 37.6 Å². The average Bonchev–Trinajstić information content (AvgIpc) is 3.08. The van der Waals surface area contributed by atoms with Crippen molar-refractivity contribution in [2.75, 3.05) is 0 Å². The van der Waals surface area contributed by atoms with Crippen molar-refractivity contribution in [3.05, 3.63) is 88.3 Å². The van der Waals surface area contributed by atoms with Crippen molar-refractivity contribution >= 4 is 27.2 Å². The maximum atomic E-state index is 10.0. The summed E-state index contributed by atoms with van der Waals surface area (Å²) in [6, 6.07) is 16.7. The summed E-state index contributed by atoms with van der Waals surface area (Å²) >= 11 is 1.85. The zero-order valence-corrected chi connectivity index (χ0v) is 23.9. The van der Waals surface area contributed by atoms with E-state index >= 15 is 0 Å². The third-order valence-electron chi connectivity index (χ3n) is 5.16. The van der Waals surface area contributed by atoms with Crippen LogP contribution in [0.2, 0.25) is 0 Å². The summed E-state index contributed by atoms with van der Waals surface area (Å²) < 4.78 is 1.27. The number of thiophene rings is 1. The largest absolute Gasteiger partial charge is 0.512 e. The molecule has 4 aromatic rings. The predicted octanol–water partition coefficient (Wildman–Crippen LogP) is 8.01. The first-order chi connectivity index (χ1) is 15.5. The van der Waals surface area contributed by atoms with Gasteiger partial charge in [0.1, 0.15) is 0 Å². The molecule has 0 aliphatic heterocycles. The molecule has 0 aliphatic carbocycles. The van der Waals surface area contributed by atoms with Gasteiger partial charge in [0, 0.05) is 47.3 Å². The molecule has 2 heterocycles. The van der Waals surface area contributed by atoms with Gasteiger partial charge >= 0.3 is 0 Å². The Labute approximate surface area is 219 Å². The number of carbonyl (C=O) groups is 1. The van der Waals surface area contributed by atoms with Crippen LogP contribution in [-0.4, -0.2) is 15.9 Å². The standard InChI is InChI=1S/C24H22NS.C5H8O2.Ir/c1-14-6-15(2)10-19(9-14)21-12-22-20(13-25-21)11-23(26-22)24-17(4)7-16(3)8-18(24)5;1-4(6)3-5(2)7;/h6-9,11-13H,1-5H3;3,6H,1-2H3;/q-1;;/b;4-3-;. The summed E-state index contributed by atoms with van der Waals surface area (Å²) in [7, 11) is 0. The molecule has 2 aromatic carbocycles. The Morgan fingerprint density at radius 2 is 1.56 bits per heavy atom. The van der Waals surface area contributed by atoms with Crippen molar-refractivity contribution in [2.24, 2.45) is 0 Å². The number of aromatic nitrogens is 1. The molecule has 179 valence electrons. The number of aliphatic hydroxyl groups excluding tert-OH is 1. The molecule has 0 unspecified atom stereocenters. The number of hydrogen-bond acceptors (Lipinski definition) is 4.